The Morgan fingerprint density at radius 1 is 1.27 bits per heavy atom. The summed E-state index contributed by atoms with van der Waals surface area (Å²) in [5.41, 5.74) is 0.338. The van der Waals surface area contributed by atoms with E-state index in [9.17, 15) is 13.9 Å². The maximum atomic E-state index is 13.0. The summed E-state index contributed by atoms with van der Waals surface area (Å²) >= 11 is 0. The molecule has 0 aliphatic rings. The van der Waals surface area contributed by atoms with E-state index < -0.39 is 17.7 Å². The van der Waals surface area contributed by atoms with Crippen LogP contribution in [0, 0.1) is 11.6 Å². The Labute approximate surface area is 88.7 Å². The summed E-state index contributed by atoms with van der Waals surface area (Å²) in [7, 11) is 0. The number of benzene rings is 1. The largest absolute Gasteiger partial charge is 0.393 e. The second kappa shape index (κ2) is 4.27. The summed E-state index contributed by atoms with van der Waals surface area (Å²) in [6.07, 6.45) is 0.0473. The minimum Gasteiger partial charge on any atom is -0.393 e. The molecule has 0 heterocycles. The van der Waals surface area contributed by atoms with Crippen molar-refractivity contribution in [2.24, 2.45) is 0 Å². The number of halogens is 2. The first kappa shape index (κ1) is 12.1. The van der Waals surface area contributed by atoms with Gasteiger partial charge in [-0.1, -0.05) is 19.9 Å². The monoisotopic (exact) mass is 214 g/mol. The molecule has 1 unspecified atom stereocenters. The fourth-order valence-corrected chi connectivity index (χ4v) is 1.77. The molecule has 0 spiro atoms. The molecule has 1 aromatic carbocycles. The molecule has 0 saturated heterocycles. The van der Waals surface area contributed by atoms with Crippen molar-refractivity contribution < 1.29 is 13.9 Å². The summed E-state index contributed by atoms with van der Waals surface area (Å²) in [4.78, 5) is 0. The van der Waals surface area contributed by atoms with Crippen molar-refractivity contribution in [1.29, 1.82) is 0 Å². The fourth-order valence-electron chi connectivity index (χ4n) is 1.77. The Morgan fingerprint density at radius 3 is 2.33 bits per heavy atom. The second-order valence-corrected chi connectivity index (χ2v) is 4.57. The minimum atomic E-state index is -0.842. The first-order chi connectivity index (χ1) is 6.83. The molecule has 1 aromatic rings. The molecule has 0 saturated carbocycles. The summed E-state index contributed by atoms with van der Waals surface area (Å²) in [6, 6.07) is 3.87. The van der Waals surface area contributed by atoms with Crippen LogP contribution < -0.4 is 0 Å². The summed E-state index contributed by atoms with van der Waals surface area (Å²) in [5.74, 6) is -1.68. The number of aliphatic hydroxyl groups is 1. The zero-order chi connectivity index (χ0) is 11.6. The highest BCUT2D eigenvalue weighted by molar-refractivity contribution is 5.25. The Morgan fingerprint density at radius 2 is 1.87 bits per heavy atom. The maximum absolute atomic E-state index is 13.0. The van der Waals surface area contributed by atoms with E-state index >= 15 is 0 Å². The van der Waals surface area contributed by atoms with E-state index in [1.807, 2.05) is 13.8 Å². The summed E-state index contributed by atoms with van der Waals surface area (Å²) < 4.78 is 25.7. The lowest BCUT2D eigenvalue weighted by Crippen LogP contribution is -2.23. The van der Waals surface area contributed by atoms with Gasteiger partial charge in [0, 0.05) is 0 Å². The van der Waals surface area contributed by atoms with Crippen LogP contribution in [-0.4, -0.2) is 11.2 Å². The fraction of sp³-hybridized carbons (Fsp3) is 0.500. The van der Waals surface area contributed by atoms with Crippen LogP contribution in [0.5, 0.6) is 0 Å². The highest BCUT2D eigenvalue weighted by Crippen LogP contribution is 2.29. The average molecular weight is 214 g/mol. The van der Waals surface area contributed by atoms with E-state index in [1.54, 1.807) is 13.0 Å². The molecule has 84 valence electrons. The van der Waals surface area contributed by atoms with Gasteiger partial charge in [0.05, 0.1) is 6.10 Å². The van der Waals surface area contributed by atoms with E-state index in [-0.39, 0.29) is 5.41 Å². The van der Waals surface area contributed by atoms with Gasteiger partial charge in [0.15, 0.2) is 11.6 Å². The average Bonchev–Trinajstić information content (AvgIpc) is 2.07. The quantitative estimate of drug-likeness (QED) is 0.820. The van der Waals surface area contributed by atoms with E-state index in [0.29, 0.717) is 12.0 Å². The van der Waals surface area contributed by atoms with Crippen LogP contribution in [0.4, 0.5) is 8.78 Å². The van der Waals surface area contributed by atoms with Gasteiger partial charge in [0.25, 0.3) is 0 Å². The molecule has 1 rings (SSSR count). The van der Waals surface area contributed by atoms with Gasteiger partial charge < -0.3 is 5.11 Å². The minimum absolute atomic E-state index is 0.358. The van der Waals surface area contributed by atoms with Gasteiger partial charge in [-0.05, 0) is 36.5 Å². The van der Waals surface area contributed by atoms with Crippen molar-refractivity contribution in [2.45, 2.75) is 38.7 Å². The van der Waals surface area contributed by atoms with Gasteiger partial charge in [-0.25, -0.2) is 8.78 Å². The molecular weight excluding hydrogens is 198 g/mol. The molecule has 0 amide bonds. The zero-order valence-electron chi connectivity index (χ0n) is 9.22. The third kappa shape index (κ3) is 2.99. The van der Waals surface area contributed by atoms with Crippen LogP contribution in [0.15, 0.2) is 18.2 Å². The molecule has 0 aliphatic carbocycles. The Balaban J connectivity index is 2.99. The Bertz CT molecular complexity index is 345. The smallest absolute Gasteiger partial charge is 0.159 e. The van der Waals surface area contributed by atoms with Crippen molar-refractivity contribution in [3.8, 4) is 0 Å². The number of aliphatic hydroxyl groups excluding tert-OH is 1. The highest BCUT2D eigenvalue weighted by Gasteiger charge is 2.23. The second-order valence-electron chi connectivity index (χ2n) is 4.57. The molecule has 1 nitrogen and oxygen atoms in total. The van der Waals surface area contributed by atoms with Gasteiger partial charge in [0.1, 0.15) is 0 Å². The standard InChI is InChI=1S/C12H16F2O/c1-8(15)7-12(2,3)9-4-5-10(13)11(14)6-9/h4-6,8,15H,7H2,1-3H3. The Hall–Kier alpha value is -0.960. The van der Waals surface area contributed by atoms with Gasteiger partial charge in [-0.2, -0.15) is 0 Å². The first-order valence-corrected chi connectivity index (χ1v) is 4.96. The van der Waals surface area contributed by atoms with E-state index in [1.165, 1.54) is 6.07 Å². The van der Waals surface area contributed by atoms with Crippen molar-refractivity contribution in [3.63, 3.8) is 0 Å². The van der Waals surface area contributed by atoms with Crippen molar-refractivity contribution in [1.82, 2.24) is 0 Å². The topological polar surface area (TPSA) is 20.2 Å². The van der Waals surface area contributed by atoms with E-state index in [4.69, 9.17) is 0 Å². The lowest BCUT2D eigenvalue weighted by Gasteiger charge is -2.26. The van der Waals surface area contributed by atoms with Gasteiger partial charge in [0.2, 0.25) is 0 Å². The van der Waals surface area contributed by atoms with Gasteiger partial charge >= 0.3 is 0 Å². The molecular formula is C12H16F2O. The van der Waals surface area contributed by atoms with Gasteiger partial charge in [-0.15, -0.1) is 0 Å². The normalized spacial score (nSPS) is 14.0. The van der Waals surface area contributed by atoms with Crippen LogP contribution in [0.25, 0.3) is 0 Å². The maximum Gasteiger partial charge on any atom is 0.159 e. The van der Waals surface area contributed by atoms with Crippen molar-refractivity contribution in [2.75, 3.05) is 0 Å². The van der Waals surface area contributed by atoms with Crippen LogP contribution in [0.3, 0.4) is 0 Å². The van der Waals surface area contributed by atoms with Gasteiger partial charge in [-0.3, -0.25) is 0 Å². The predicted molar refractivity (Wildman–Crippen MR) is 55.7 cm³/mol. The Kier molecular flexibility index (Phi) is 3.45. The summed E-state index contributed by atoms with van der Waals surface area (Å²) in [5, 5.41) is 9.31. The molecule has 0 aliphatic heterocycles. The van der Waals surface area contributed by atoms with Crippen LogP contribution in [-0.2, 0) is 5.41 Å². The van der Waals surface area contributed by atoms with Crippen LogP contribution >= 0.6 is 0 Å². The molecule has 0 bridgehead atoms. The molecule has 3 heteroatoms. The third-order valence-corrected chi connectivity index (χ3v) is 2.51. The first-order valence-electron chi connectivity index (χ1n) is 4.96. The highest BCUT2D eigenvalue weighted by atomic mass is 19.2. The number of hydrogen-bond acceptors (Lipinski definition) is 1. The summed E-state index contributed by atoms with van der Waals surface area (Å²) in [6.45, 7) is 5.47. The molecule has 0 aromatic heterocycles. The van der Waals surface area contributed by atoms with Crippen molar-refractivity contribution in [3.05, 3.63) is 35.4 Å². The molecule has 1 atom stereocenters. The molecule has 15 heavy (non-hydrogen) atoms. The van der Waals surface area contributed by atoms with Crippen LogP contribution in [0.2, 0.25) is 0 Å². The third-order valence-electron chi connectivity index (χ3n) is 2.51. The van der Waals surface area contributed by atoms with E-state index in [0.717, 1.165) is 6.07 Å². The number of hydrogen-bond donors (Lipinski definition) is 1. The lowest BCUT2D eigenvalue weighted by molar-refractivity contribution is 0.156. The lowest BCUT2D eigenvalue weighted by atomic mass is 9.80. The predicted octanol–water partition coefficient (Wildman–Crippen LogP) is 3.01. The van der Waals surface area contributed by atoms with Crippen molar-refractivity contribution >= 4 is 0 Å². The molecule has 0 fully saturated rings. The number of rotatable bonds is 3. The SMILES string of the molecule is CC(O)CC(C)(C)c1ccc(F)c(F)c1. The molecule has 0 radical (unpaired) electrons. The zero-order valence-corrected chi connectivity index (χ0v) is 9.22. The molecule has 1 N–H and O–H groups in total. The van der Waals surface area contributed by atoms with Crippen LogP contribution in [0.1, 0.15) is 32.8 Å². The van der Waals surface area contributed by atoms with E-state index in [2.05, 4.69) is 0 Å².